The van der Waals surface area contributed by atoms with E-state index < -0.39 is 19.9 Å². The molecule has 1 aliphatic rings. The summed E-state index contributed by atoms with van der Waals surface area (Å²) in [5.74, 6) is 0.901. The molecule has 0 aliphatic heterocycles. The van der Waals surface area contributed by atoms with Gasteiger partial charge in [-0.1, -0.05) is 43.9 Å². The van der Waals surface area contributed by atoms with Crippen LogP contribution in [0.15, 0.2) is 48.8 Å². The summed E-state index contributed by atoms with van der Waals surface area (Å²) in [6, 6.07) is 12.8. The van der Waals surface area contributed by atoms with Gasteiger partial charge in [-0.3, -0.25) is 9.78 Å². The molecule has 2 heterocycles. The summed E-state index contributed by atoms with van der Waals surface area (Å²) >= 11 is 0. The van der Waals surface area contributed by atoms with Crippen LogP contribution in [0.5, 0.6) is 0 Å². The molecule has 4 rings (SSSR count). The van der Waals surface area contributed by atoms with E-state index in [1.165, 1.54) is 17.2 Å². The number of imidazole rings is 1. The van der Waals surface area contributed by atoms with Crippen LogP contribution in [0.3, 0.4) is 0 Å². The molecular formula is C30H38F3N3O3Si. The number of carbonyl (C=O) groups excluding carboxylic acids is 1. The van der Waals surface area contributed by atoms with Gasteiger partial charge in [0.2, 0.25) is 0 Å². The normalized spacial score (nSPS) is 18.1. The smallest absolute Gasteiger partial charge is 0.434 e. The SMILES string of the molecule is COC(=O)CC1CCC(c2ccc(-c3ccc(-c4nc(C(F)(F)F)cn4COCC[Si](C)(C)C)cn3)cc2)CC1. The van der Waals surface area contributed by atoms with Crippen LogP contribution in [0, 0.1) is 5.92 Å². The number of aromatic nitrogens is 3. The Labute approximate surface area is 235 Å². The Hall–Kier alpha value is -2.98. The molecule has 0 atom stereocenters. The maximum Gasteiger partial charge on any atom is 0.434 e. The van der Waals surface area contributed by atoms with Gasteiger partial charge >= 0.3 is 12.1 Å². The highest BCUT2D eigenvalue weighted by Crippen LogP contribution is 2.38. The molecule has 0 amide bonds. The van der Waals surface area contributed by atoms with Gasteiger partial charge in [-0.05, 0) is 61.3 Å². The fourth-order valence-electron chi connectivity index (χ4n) is 5.06. The number of benzene rings is 1. The van der Waals surface area contributed by atoms with Gasteiger partial charge < -0.3 is 14.0 Å². The summed E-state index contributed by atoms with van der Waals surface area (Å²) < 4.78 is 52.2. The number of pyridine rings is 1. The zero-order valence-electron chi connectivity index (χ0n) is 23.6. The van der Waals surface area contributed by atoms with E-state index in [2.05, 4.69) is 41.7 Å². The molecule has 0 bridgehead atoms. The van der Waals surface area contributed by atoms with Crippen LogP contribution >= 0.6 is 0 Å². The third-order valence-electron chi connectivity index (χ3n) is 7.52. The van der Waals surface area contributed by atoms with Crippen LogP contribution in [-0.4, -0.2) is 42.3 Å². The van der Waals surface area contributed by atoms with Gasteiger partial charge in [-0.25, -0.2) is 4.98 Å². The highest BCUT2D eigenvalue weighted by atomic mass is 28.3. The molecule has 1 aliphatic carbocycles. The lowest BCUT2D eigenvalue weighted by atomic mass is 9.77. The summed E-state index contributed by atoms with van der Waals surface area (Å²) in [4.78, 5) is 20.0. The minimum atomic E-state index is -4.55. The zero-order valence-corrected chi connectivity index (χ0v) is 24.6. The van der Waals surface area contributed by atoms with Crippen LogP contribution in [0.1, 0.15) is 49.3 Å². The molecule has 216 valence electrons. The predicted molar refractivity (Wildman–Crippen MR) is 151 cm³/mol. The van der Waals surface area contributed by atoms with Gasteiger partial charge in [0.15, 0.2) is 5.69 Å². The molecule has 1 fully saturated rings. The first-order chi connectivity index (χ1) is 18.9. The number of hydrogen-bond acceptors (Lipinski definition) is 5. The van der Waals surface area contributed by atoms with E-state index in [-0.39, 0.29) is 18.5 Å². The van der Waals surface area contributed by atoms with E-state index >= 15 is 0 Å². The minimum Gasteiger partial charge on any atom is -0.469 e. The topological polar surface area (TPSA) is 66.2 Å². The number of ether oxygens (including phenoxy) is 2. The Morgan fingerprint density at radius 2 is 1.70 bits per heavy atom. The van der Waals surface area contributed by atoms with Crippen LogP contribution in [0.2, 0.25) is 25.7 Å². The second-order valence-corrected chi connectivity index (χ2v) is 17.4. The molecule has 2 aromatic heterocycles. The maximum atomic E-state index is 13.4. The summed E-state index contributed by atoms with van der Waals surface area (Å²) in [5.41, 5.74) is 2.48. The summed E-state index contributed by atoms with van der Waals surface area (Å²) in [6.45, 7) is 7.16. The van der Waals surface area contributed by atoms with Crippen LogP contribution in [0.25, 0.3) is 22.6 Å². The third-order valence-corrected chi connectivity index (χ3v) is 9.23. The second kappa shape index (κ2) is 12.7. The molecule has 10 heteroatoms. The number of carbonyl (C=O) groups is 1. The monoisotopic (exact) mass is 573 g/mol. The van der Waals surface area contributed by atoms with Crippen molar-refractivity contribution in [3.05, 3.63) is 60.0 Å². The lowest BCUT2D eigenvalue weighted by Crippen LogP contribution is -2.22. The molecule has 1 saturated carbocycles. The van der Waals surface area contributed by atoms with Crippen molar-refractivity contribution in [3.63, 3.8) is 0 Å². The predicted octanol–water partition coefficient (Wildman–Crippen LogP) is 7.78. The van der Waals surface area contributed by atoms with Gasteiger partial charge in [0, 0.05) is 44.6 Å². The van der Waals surface area contributed by atoms with Gasteiger partial charge in [-0.2, -0.15) is 13.2 Å². The summed E-state index contributed by atoms with van der Waals surface area (Å²) in [6.07, 6.45) is 2.62. The Kier molecular flexibility index (Phi) is 9.51. The van der Waals surface area contributed by atoms with Crippen molar-refractivity contribution in [3.8, 4) is 22.6 Å². The van der Waals surface area contributed by atoms with Crippen molar-refractivity contribution in [2.45, 2.75) is 76.6 Å². The molecule has 0 radical (unpaired) electrons. The molecule has 3 aromatic rings. The van der Waals surface area contributed by atoms with Crippen molar-refractivity contribution >= 4 is 14.0 Å². The average Bonchev–Trinajstić information content (AvgIpc) is 3.36. The average molecular weight is 574 g/mol. The van der Waals surface area contributed by atoms with E-state index in [0.717, 1.165) is 49.2 Å². The fourth-order valence-corrected chi connectivity index (χ4v) is 5.82. The first kappa shape index (κ1) is 30.0. The van der Waals surface area contributed by atoms with Gasteiger partial charge in [0.25, 0.3) is 0 Å². The number of alkyl halides is 3. The van der Waals surface area contributed by atoms with Crippen molar-refractivity contribution < 1.29 is 27.4 Å². The maximum absolute atomic E-state index is 13.4. The number of halogens is 3. The minimum absolute atomic E-state index is 0.00326. The number of nitrogens with zero attached hydrogens (tertiary/aromatic N) is 3. The molecule has 6 nitrogen and oxygen atoms in total. The highest BCUT2D eigenvalue weighted by Gasteiger charge is 2.35. The van der Waals surface area contributed by atoms with Gasteiger partial charge in [0.05, 0.1) is 12.8 Å². The van der Waals surface area contributed by atoms with Crippen LogP contribution in [-0.2, 0) is 27.2 Å². The van der Waals surface area contributed by atoms with E-state index in [1.54, 1.807) is 18.3 Å². The van der Waals surface area contributed by atoms with Crippen LogP contribution in [0.4, 0.5) is 13.2 Å². The number of hydrogen-bond donors (Lipinski definition) is 0. The number of methoxy groups -OCH3 is 1. The lowest BCUT2D eigenvalue weighted by Gasteiger charge is -2.28. The standard InChI is InChI=1S/C30H38F3N3O3Si/c1-38-28(37)17-21-5-7-22(8-6-21)23-9-11-24(12-10-23)26-14-13-25(18-34-26)29-35-27(30(31,32)33)19-36(29)20-39-15-16-40(2,3)4/h9-14,18-19,21-22H,5-8,15-17,20H2,1-4H3. The molecule has 1 aromatic carbocycles. The fraction of sp³-hybridized carbons (Fsp3) is 0.500. The number of esters is 1. The molecule has 0 N–H and O–H groups in total. The first-order valence-corrected chi connectivity index (χ1v) is 17.5. The van der Waals surface area contributed by atoms with Crippen molar-refractivity contribution in [1.29, 1.82) is 0 Å². The third kappa shape index (κ3) is 8.03. The van der Waals surface area contributed by atoms with Gasteiger partial charge in [-0.15, -0.1) is 0 Å². The molecule has 40 heavy (non-hydrogen) atoms. The Balaban J connectivity index is 1.43. The Bertz CT molecular complexity index is 1260. The lowest BCUT2D eigenvalue weighted by molar-refractivity contribution is -0.142. The number of rotatable bonds is 10. The molecule has 0 unspecified atom stereocenters. The van der Waals surface area contributed by atoms with Gasteiger partial charge in [0.1, 0.15) is 12.6 Å². The van der Waals surface area contributed by atoms with Crippen molar-refractivity contribution in [1.82, 2.24) is 14.5 Å². The quantitative estimate of drug-likeness (QED) is 0.141. The van der Waals surface area contributed by atoms with E-state index in [1.807, 2.05) is 12.1 Å². The summed E-state index contributed by atoms with van der Waals surface area (Å²) in [7, 11) is 0.118. The zero-order chi connectivity index (χ0) is 28.9. The largest absolute Gasteiger partial charge is 0.469 e. The molecule has 0 saturated heterocycles. The van der Waals surface area contributed by atoms with E-state index in [4.69, 9.17) is 9.47 Å². The first-order valence-electron chi connectivity index (χ1n) is 13.8. The van der Waals surface area contributed by atoms with Crippen molar-refractivity contribution in [2.75, 3.05) is 13.7 Å². The Morgan fingerprint density at radius 3 is 2.27 bits per heavy atom. The van der Waals surface area contributed by atoms with E-state index in [0.29, 0.717) is 30.4 Å². The van der Waals surface area contributed by atoms with Crippen LogP contribution < -0.4 is 0 Å². The summed E-state index contributed by atoms with van der Waals surface area (Å²) in [5, 5.41) is 0. The van der Waals surface area contributed by atoms with E-state index in [9.17, 15) is 18.0 Å². The molecule has 0 spiro atoms. The highest BCUT2D eigenvalue weighted by molar-refractivity contribution is 6.76. The second-order valence-electron chi connectivity index (χ2n) is 11.8. The van der Waals surface area contributed by atoms with Crippen molar-refractivity contribution in [2.24, 2.45) is 5.92 Å². The molecular weight excluding hydrogens is 535 g/mol. The Morgan fingerprint density at radius 1 is 1.02 bits per heavy atom.